The number of unbranched alkanes of at least 4 members (excludes halogenated alkanes) is 8. The maximum Gasteiger partial charge on any atom is 0.326 e. The molecule has 2 rings (SSSR count). The average molecular weight is 486 g/mol. The number of carbonyl (C=O) groups is 2. The van der Waals surface area contributed by atoms with Crippen molar-refractivity contribution >= 4 is 23.3 Å². The minimum atomic E-state index is -0.376. The molecule has 192 valence electrons. The standard InChI is InChI=1S/C28H40FN3O3/c1-3-4-5-6-7-8-9-10-11-12-27(33)30-21-22-32(25-17-13-23(29)14-18-25)28(34)31-24-15-19-26(35-2)20-16-24/h13-20H,3-12,21-22H2,1-2H3,(H,30,33)(H,31,34). The molecule has 0 saturated carbocycles. The molecule has 0 aromatic heterocycles. The van der Waals surface area contributed by atoms with Crippen molar-refractivity contribution in [3.63, 3.8) is 0 Å². The van der Waals surface area contributed by atoms with Gasteiger partial charge < -0.3 is 15.4 Å². The van der Waals surface area contributed by atoms with Crippen LogP contribution in [-0.4, -0.2) is 32.1 Å². The zero-order chi connectivity index (χ0) is 25.3. The molecule has 3 amide bonds. The van der Waals surface area contributed by atoms with Gasteiger partial charge in [-0.2, -0.15) is 0 Å². The molecule has 7 heteroatoms. The summed E-state index contributed by atoms with van der Waals surface area (Å²) in [6.07, 6.45) is 11.3. The molecule has 0 spiro atoms. The van der Waals surface area contributed by atoms with E-state index >= 15 is 0 Å². The van der Waals surface area contributed by atoms with Gasteiger partial charge in [0.1, 0.15) is 11.6 Å². The Morgan fingerprint density at radius 3 is 2.06 bits per heavy atom. The average Bonchev–Trinajstić information content (AvgIpc) is 2.86. The molecule has 0 fully saturated rings. The van der Waals surface area contributed by atoms with E-state index < -0.39 is 0 Å². The molecular formula is C28H40FN3O3. The summed E-state index contributed by atoms with van der Waals surface area (Å²) in [6.45, 7) is 2.80. The first-order valence-electron chi connectivity index (χ1n) is 12.8. The molecule has 0 atom stereocenters. The van der Waals surface area contributed by atoms with Crippen LogP contribution in [0, 0.1) is 5.82 Å². The van der Waals surface area contributed by atoms with E-state index in [4.69, 9.17) is 4.74 Å². The van der Waals surface area contributed by atoms with Crippen LogP contribution in [0.3, 0.4) is 0 Å². The molecule has 0 unspecified atom stereocenters. The first-order valence-corrected chi connectivity index (χ1v) is 12.8. The fraction of sp³-hybridized carbons (Fsp3) is 0.500. The molecule has 0 radical (unpaired) electrons. The zero-order valence-corrected chi connectivity index (χ0v) is 21.2. The van der Waals surface area contributed by atoms with Gasteiger partial charge in [-0.05, 0) is 55.0 Å². The van der Waals surface area contributed by atoms with Crippen molar-refractivity contribution in [2.45, 2.75) is 71.1 Å². The van der Waals surface area contributed by atoms with Crippen LogP contribution in [0.2, 0.25) is 0 Å². The van der Waals surface area contributed by atoms with Crippen LogP contribution in [0.4, 0.5) is 20.6 Å². The highest BCUT2D eigenvalue weighted by atomic mass is 19.1. The van der Waals surface area contributed by atoms with E-state index in [9.17, 15) is 14.0 Å². The van der Waals surface area contributed by atoms with E-state index in [1.807, 2.05) is 0 Å². The fourth-order valence-electron chi connectivity index (χ4n) is 3.83. The van der Waals surface area contributed by atoms with Gasteiger partial charge >= 0.3 is 6.03 Å². The lowest BCUT2D eigenvalue weighted by molar-refractivity contribution is -0.121. The van der Waals surface area contributed by atoms with E-state index in [1.165, 1.54) is 62.0 Å². The number of ether oxygens (including phenoxy) is 1. The third-order valence-corrected chi connectivity index (χ3v) is 5.89. The SMILES string of the molecule is CCCCCCCCCCCC(=O)NCCN(C(=O)Nc1ccc(OC)cc1)c1ccc(F)cc1. The van der Waals surface area contributed by atoms with Crippen LogP contribution in [0.15, 0.2) is 48.5 Å². The Morgan fingerprint density at radius 2 is 1.46 bits per heavy atom. The van der Waals surface area contributed by atoms with E-state index in [2.05, 4.69) is 17.6 Å². The first kappa shape index (κ1) is 28.1. The highest BCUT2D eigenvalue weighted by molar-refractivity contribution is 6.01. The third kappa shape index (κ3) is 11.3. The van der Waals surface area contributed by atoms with Crippen molar-refractivity contribution in [1.29, 1.82) is 0 Å². The number of rotatable bonds is 16. The molecule has 0 aliphatic carbocycles. The van der Waals surface area contributed by atoms with Gasteiger partial charge in [0.15, 0.2) is 0 Å². The van der Waals surface area contributed by atoms with Crippen LogP contribution < -0.4 is 20.3 Å². The van der Waals surface area contributed by atoms with Crippen molar-refractivity contribution < 1.29 is 18.7 Å². The molecule has 0 heterocycles. The molecule has 2 aromatic carbocycles. The lowest BCUT2D eigenvalue weighted by atomic mass is 10.1. The quantitative estimate of drug-likeness (QED) is 0.254. The fourth-order valence-corrected chi connectivity index (χ4v) is 3.83. The maximum atomic E-state index is 13.4. The van der Waals surface area contributed by atoms with Gasteiger partial charge in [-0.3, -0.25) is 9.69 Å². The van der Waals surface area contributed by atoms with Gasteiger partial charge in [0.25, 0.3) is 0 Å². The molecule has 6 nitrogen and oxygen atoms in total. The summed E-state index contributed by atoms with van der Waals surface area (Å²) in [7, 11) is 1.58. The Labute approximate surface area is 209 Å². The van der Waals surface area contributed by atoms with Gasteiger partial charge in [-0.1, -0.05) is 58.3 Å². The smallest absolute Gasteiger partial charge is 0.326 e. The summed E-state index contributed by atoms with van der Waals surface area (Å²) >= 11 is 0. The molecule has 35 heavy (non-hydrogen) atoms. The molecule has 0 aliphatic heterocycles. The normalized spacial score (nSPS) is 10.6. The highest BCUT2D eigenvalue weighted by Crippen LogP contribution is 2.19. The summed E-state index contributed by atoms with van der Waals surface area (Å²) in [5.41, 5.74) is 1.16. The van der Waals surface area contributed by atoms with E-state index in [0.717, 1.165) is 12.8 Å². The Hall–Kier alpha value is -3.09. The summed E-state index contributed by atoms with van der Waals surface area (Å²) in [5.74, 6) is 0.300. The number of halogens is 1. The van der Waals surface area contributed by atoms with Crippen LogP contribution >= 0.6 is 0 Å². The monoisotopic (exact) mass is 485 g/mol. The van der Waals surface area contributed by atoms with Gasteiger partial charge in [0.2, 0.25) is 5.91 Å². The van der Waals surface area contributed by atoms with Crippen LogP contribution in [-0.2, 0) is 4.79 Å². The van der Waals surface area contributed by atoms with E-state index in [0.29, 0.717) is 30.1 Å². The molecule has 2 N–H and O–H groups in total. The number of methoxy groups -OCH3 is 1. The Kier molecular flexibility index (Phi) is 13.3. The molecule has 0 aliphatic rings. The maximum absolute atomic E-state index is 13.4. The second-order valence-electron chi connectivity index (χ2n) is 8.72. The van der Waals surface area contributed by atoms with Crippen LogP contribution in [0.25, 0.3) is 0 Å². The molecule has 0 saturated heterocycles. The molecular weight excluding hydrogens is 445 g/mol. The highest BCUT2D eigenvalue weighted by Gasteiger charge is 2.16. The summed E-state index contributed by atoms with van der Waals surface area (Å²) in [4.78, 5) is 26.7. The minimum Gasteiger partial charge on any atom is -0.497 e. The van der Waals surface area contributed by atoms with Crippen molar-refractivity contribution in [3.05, 3.63) is 54.3 Å². The van der Waals surface area contributed by atoms with Crippen molar-refractivity contribution in [3.8, 4) is 5.75 Å². The van der Waals surface area contributed by atoms with Crippen molar-refractivity contribution in [1.82, 2.24) is 5.32 Å². The second kappa shape index (κ2) is 16.5. The van der Waals surface area contributed by atoms with Gasteiger partial charge in [-0.25, -0.2) is 9.18 Å². The van der Waals surface area contributed by atoms with Crippen LogP contribution in [0.5, 0.6) is 5.75 Å². The predicted molar refractivity (Wildman–Crippen MR) is 141 cm³/mol. The Morgan fingerprint density at radius 1 is 0.857 bits per heavy atom. The number of nitrogens with one attached hydrogen (secondary N) is 2. The third-order valence-electron chi connectivity index (χ3n) is 5.89. The molecule has 2 aromatic rings. The lowest BCUT2D eigenvalue weighted by Gasteiger charge is -2.23. The number of hydrogen-bond donors (Lipinski definition) is 2. The number of benzene rings is 2. The number of amides is 3. The Bertz CT molecular complexity index is 872. The molecule has 0 bridgehead atoms. The van der Waals surface area contributed by atoms with Crippen molar-refractivity contribution in [2.24, 2.45) is 0 Å². The number of carbonyl (C=O) groups excluding carboxylic acids is 2. The number of nitrogens with zero attached hydrogens (tertiary/aromatic N) is 1. The zero-order valence-electron chi connectivity index (χ0n) is 21.2. The van der Waals surface area contributed by atoms with E-state index in [-0.39, 0.29) is 24.3 Å². The Balaban J connectivity index is 1.77. The topological polar surface area (TPSA) is 70.7 Å². The lowest BCUT2D eigenvalue weighted by Crippen LogP contribution is -2.41. The van der Waals surface area contributed by atoms with Gasteiger partial charge in [-0.15, -0.1) is 0 Å². The number of hydrogen-bond acceptors (Lipinski definition) is 3. The van der Waals surface area contributed by atoms with E-state index in [1.54, 1.807) is 43.5 Å². The second-order valence-corrected chi connectivity index (χ2v) is 8.72. The van der Waals surface area contributed by atoms with Crippen molar-refractivity contribution in [2.75, 3.05) is 30.4 Å². The first-order chi connectivity index (χ1) is 17.0. The minimum absolute atomic E-state index is 0.0115. The van der Waals surface area contributed by atoms with Crippen LogP contribution in [0.1, 0.15) is 71.1 Å². The summed E-state index contributed by atoms with van der Waals surface area (Å²) in [6, 6.07) is 12.3. The van der Waals surface area contributed by atoms with Gasteiger partial charge in [0.05, 0.1) is 7.11 Å². The number of anilines is 2. The predicted octanol–water partition coefficient (Wildman–Crippen LogP) is 6.91. The summed E-state index contributed by atoms with van der Waals surface area (Å²) < 4.78 is 18.5. The summed E-state index contributed by atoms with van der Waals surface area (Å²) in [5, 5.41) is 5.74. The number of urea groups is 1. The van der Waals surface area contributed by atoms with Gasteiger partial charge in [0, 0.05) is 30.9 Å². The largest absolute Gasteiger partial charge is 0.497 e.